The van der Waals surface area contributed by atoms with Crippen LogP contribution >= 0.6 is 0 Å². The van der Waals surface area contributed by atoms with E-state index in [1.807, 2.05) is 42.5 Å². The average Bonchev–Trinajstić information content (AvgIpc) is 2.82. The second kappa shape index (κ2) is 4.61. The maximum Gasteiger partial charge on any atom is 0.307 e. The molecule has 0 saturated heterocycles. The van der Waals surface area contributed by atoms with Gasteiger partial charge in [-0.25, -0.2) is 0 Å². The van der Waals surface area contributed by atoms with Gasteiger partial charge in [0.1, 0.15) is 0 Å². The predicted octanol–water partition coefficient (Wildman–Crippen LogP) is 3.46. The van der Waals surface area contributed by atoms with Crippen LogP contribution in [-0.2, 0) is 11.2 Å². The van der Waals surface area contributed by atoms with E-state index in [0.717, 1.165) is 22.3 Å². The van der Waals surface area contributed by atoms with Gasteiger partial charge in [-0.3, -0.25) is 4.79 Å². The van der Waals surface area contributed by atoms with Gasteiger partial charge in [-0.2, -0.15) is 0 Å². The molecule has 2 aromatic carbocycles. The van der Waals surface area contributed by atoms with Crippen LogP contribution in [0.4, 0.5) is 0 Å². The summed E-state index contributed by atoms with van der Waals surface area (Å²) in [5, 5.41) is 9.92. The number of carboxylic acid groups (broad SMARTS) is 1. The maximum atomic E-state index is 10.6. The van der Waals surface area contributed by atoms with Crippen molar-refractivity contribution in [2.45, 2.75) is 6.42 Å². The summed E-state index contributed by atoms with van der Waals surface area (Å²) in [6, 6.07) is 17.8. The van der Waals surface area contributed by atoms with E-state index in [2.05, 4.69) is 17.1 Å². The number of rotatable bonds is 3. The Labute approximate surface area is 110 Å². The zero-order chi connectivity index (χ0) is 13.2. The molecule has 0 saturated carbocycles. The Hall–Kier alpha value is -2.55. The highest BCUT2D eigenvalue weighted by molar-refractivity contribution is 5.85. The highest BCUT2D eigenvalue weighted by Crippen LogP contribution is 2.24. The van der Waals surface area contributed by atoms with Crippen LogP contribution < -0.4 is 0 Å². The molecule has 3 aromatic rings. The first kappa shape index (κ1) is 11.5. The number of aromatic amines is 1. The van der Waals surface area contributed by atoms with Crippen LogP contribution in [0.2, 0.25) is 0 Å². The monoisotopic (exact) mass is 251 g/mol. The topological polar surface area (TPSA) is 53.1 Å². The molecule has 2 N–H and O–H groups in total. The summed E-state index contributed by atoms with van der Waals surface area (Å²) < 4.78 is 0. The van der Waals surface area contributed by atoms with Crippen LogP contribution in [0.5, 0.6) is 0 Å². The van der Waals surface area contributed by atoms with Gasteiger partial charge in [0, 0.05) is 16.6 Å². The zero-order valence-corrected chi connectivity index (χ0v) is 10.3. The summed E-state index contributed by atoms with van der Waals surface area (Å²) in [7, 11) is 0. The second-order valence-corrected chi connectivity index (χ2v) is 4.54. The maximum absolute atomic E-state index is 10.6. The molecule has 1 aromatic heterocycles. The first-order valence-electron chi connectivity index (χ1n) is 6.11. The number of para-hydroxylation sites is 1. The molecule has 3 heteroatoms. The van der Waals surface area contributed by atoms with Gasteiger partial charge < -0.3 is 10.1 Å². The average molecular weight is 251 g/mol. The lowest BCUT2D eigenvalue weighted by atomic mass is 10.1. The molecule has 0 amide bonds. The Morgan fingerprint density at radius 2 is 1.79 bits per heavy atom. The van der Waals surface area contributed by atoms with Gasteiger partial charge in [-0.1, -0.05) is 42.5 Å². The fourth-order valence-electron chi connectivity index (χ4n) is 2.21. The first-order valence-corrected chi connectivity index (χ1v) is 6.11. The quantitative estimate of drug-likeness (QED) is 0.749. The molecule has 0 radical (unpaired) electrons. The number of nitrogens with one attached hydrogen (secondary N) is 1. The molecule has 0 aliphatic heterocycles. The third-order valence-corrected chi connectivity index (χ3v) is 3.15. The van der Waals surface area contributed by atoms with Gasteiger partial charge in [0.05, 0.1) is 6.42 Å². The zero-order valence-electron chi connectivity index (χ0n) is 10.3. The normalized spacial score (nSPS) is 10.7. The Morgan fingerprint density at radius 3 is 2.47 bits per heavy atom. The molecule has 0 spiro atoms. The van der Waals surface area contributed by atoms with Crippen LogP contribution in [-0.4, -0.2) is 16.1 Å². The van der Waals surface area contributed by atoms with E-state index in [1.54, 1.807) is 0 Å². The standard InChI is InChI=1S/C16H13NO2/c18-16(19)9-11-5-7-12(8-6-11)15-10-13-3-1-2-4-14(13)17-15/h1-8,10,17H,9H2,(H,18,19). The van der Waals surface area contributed by atoms with E-state index in [-0.39, 0.29) is 6.42 Å². The number of aliphatic carboxylic acids is 1. The number of hydrogen-bond acceptors (Lipinski definition) is 1. The van der Waals surface area contributed by atoms with Crippen molar-refractivity contribution in [2.75, 3.05) is 0 Å². The summed E-state index contributed by atoms with van der Waals surface area (Å²) in [6.07, 6.45) is 0.0625. The number of benzene rings is 2. The van der Waals surface area contributed by atoms with Crippen LogP contribution in [0.1, 0.15) is 5.56 Å². The number of aromatic nitrogens is 1. The Balaban J connectivity index is 1.95. The molecule has 0 unspecified atom stereocenters. The molecule has 1 heterocycles. The molecule has 3 nitrogen and oxygen atoms in total. The molecule has 0 aliphatic carbocycles. The van der Waals surface area contributed by atoms with E-state index in [1.165, 1.54) is 5.39 Å². The van der Waals surface area contributed by atoms with Crippen LogP contribution in [0, 0.1) is 0 Å². The lowest BCUT2D eigenvalue weighted by Gasteiger charge is -2.00. The number of fused-ring (bicyclic) bond motifs is 1. The van der Waals surface area contributed by atoms with E-state index < -0.39 is 5.97 Å². The number of carbonyl (C=O) groups is 1. The SMILES string of the molecule is O=C(O)Cc1ccc(-c2cc3ccccc3[nH]2)cc1. The van der Waals surface area contributed by atoms with Gasteiger partial charge >= 0.3 is 5.97 Å². The van der Waals surface area contributed by atoms with Crippen molar-refractivity contribution in [3.8, 4) is 11.3 Å². The third kappa shape index (κ3) is 2.36. The minimum atomic E-state index is -0.807. The summed E-state index contributed by atoms with van der Waals surface area (Å²) in [5.41, 5.74) is 4.02. The molecule has 0 atom stereocenters. The summed E-state index contributed by atoms with van der Waals surface area (Å²) in [6.45, 7) is 0. The van der Waals surface area contributed by atoms with Crippen molar-refractivity contribution in [1.82, 2.24) is 4.98 Å². The van der Waals surface area contributed by atoms with Crippen LogP contribution in [0.3, 0.4) is 0 Å². The van der Waals surface area contributed by atoms with Crippen molar-refractivity contribution in [3.05, 3.63) is 60.2 Å². The minimum Gasteiger partial charge on any atom is -0.481 e. The van der Waals surface area contributed by atoms with Crippen LogP contribution in [0.15, 0.2) is 54.6 Å². The van der Waals surface area contributed by atoms with E-state index in [4.69, 9.17) is 5.11 Å². The summed E-state index contributed by atoms with van der Waals surface area (Å²) in [5.74, 6) is -0.807. The minimum absolute atomic E-state index is 0.0625. The highest BCUT2D eigenvalue weighted by atomic mass is 16.4. The fraction of sp³-hybridized carbons (Fsp3) is 0.0625. The Morgan fingerprint density at radius 1 is 1.05 bits per heavy atom. The molecule has 19 heavy (non-hydrogen) atoms. The van der Waals surface area contributed by atoms with E-state index in [0.29, 0.717) is 0 Å². The third-order valence-electron chi connectivity index (χ3n) is 3.15. The molecule has 0 aliphatic rings. The van der Waals surface area contributed by atoms with Gasteiger partial charge in [-0.05, 0) is 23.3 Å². The van der Waals surface area contributed by atoms with Crippen molar-refractivity contribution < 1.29 is 9.90 Å². The van der Waals surface area contributed by atoms with Crippen molar-refractivity contribution in [1.29, 1.82) is 0 Å². The number of carboxylic acids is 1. The highest BCUT2D eigenvalue weighted by Gasteiger charge is 2.04. The molecule has 0 bridgehead atoms. The lowest BCUT2D eigenvalue weighted by Crippen LogP contribution is -1.99. The van der Waals surface area contributed by atoms with E-state index >= 15 is 0 Å². The first-order chi connectivity index (χ1) is 9.22. The molecule has 3 rings (SSSR count). The van der Waals surface area contributed by atoms with Gasteiger partial charge in [-0.15, -0.1) is 0 Å². The predicted molar refractivity (Wildman–Crippen MR) is 75.1 cm³/mol. The fourth-order valence-corrected chi connectivity index (χ4v) is 2.21. The van der Waals surface area contributed by atoms with E-state index in [9.17, 15) is 4.79 Å². The summed E-state index contributed by atoms with van der Waals surface area (Å²) in [4.78, 5) is 14.0. The molecular formula is C16H13NO2. The molecular weight excluding hydrogens is 238 g/mol. The Kier molecular flexibility index (Phi) is 2.80. The second-order valence-electron chi connectivity index (χ2n) is 4.54. The largest absolute Gasteiger partial charge is 0.481 e. The van der Waals surface area contributed by atoms with Crippen LogP contribution in [0.25, 0.3) is 22.2 Å². The molecule has 94 valence electrons. The van der Waals surface area contributed by atoms with Crippen molar-refractivity contribution in [3.63, 3.8) is 0 Å². The summed E-state index contributed by atoms with van der Waals surface area (Å²) >= 11 is 0. The van der Waals surface area contributed by atoms with Gasteiger partial charge in [0.25, 0.3) is 0 Å². The lowest BCUT2D eigenvalue weighted by molar-refractivity contribution is -0.136. The smallest absolute Gasteiger partial charge is 0.307 e. The van der Waals surface area contributed by atoms with Crippen molar-refractivity contribution >= 4 is 16.9 Å². The molecule has 0 fully saturated rings. The van der Waals surface area contributed by atoms with Gasteiger partial charge in [0.2, 0.25) is 0 Å². The van der Waals surface area contributed by atoms with Crippen molar-refractivity contribution in [2.24, 2.45) is 0 Å². The number of hydrogen-bond donors (Lipinski definition) is 2. The van der Waals surface area contributed by atoms with Gasteiger partial charge in [0.15, 0.2) is 0 Å². The number of H-pyrrole nitrogens is 1. The Bertz CT molecular complexity index is 693.